The lowest BCUT2D eigenvalue weighted by Crippen LogP contribution is -2.31. The van der Waals surface area contributed by atoms with Crippen molar-refractivity contribution in [3.05, 3.63) is 23.4 Å². The molecule has 0 unspecified atom stereocenters. The van der Waals surface area contributed by atoms with Gasteiger partial charge in [-0.05, 0) is 36.8 Å². The molecular weight excluding hydrogens is 276 g/mol. The Kier molecular flexibility index (Phi) is 4.08. The van der Waals surface area contributed by atoms with Crippen LogP contribution in [0.1, 0.15) is 37.8 Å². The van der Waals surface area contributed by atoms with Crippen molar-refractivity contribution in [1.29, 1.82) is 0 Å². The van der Waals surface area contributed by atoms with Crippen molar-refractivity contribution in [2.45, 2.75) is 45.0 Å². The summed E-state index contributed by atoms with van der Waals surface area (Å²) in [6, 6.07) is 2.98. The summed E-state index contributed by atoms with van der Waals surface area (Å²) in [5.74, 6) is 1.87. The molecule has 0 atom stereocenters. The van der Waals surface area contributed by atoms with E-state index in [0.717, 1.165) is 17.9 Å². The standard InChI is InChI=1S/C14H21BrN2/c1-10(2)9-17(13-4-5-13)14-11(3)6-12(7-15)8-16-14/h6,8,10,13H,4-5,7,9H2,1-3H3. The summed E-state index contributed by atoms with van der Waals surface area (Å²) in [6.07, 6.45) is 4.65. The van der Waals surface area contributed by atoms with Gasteiger partial charge in [-0.1, -0.05) is 35.8 Å². The molecule has 1 aliphatic carbocycles. The molecule has 0 radical (unpaired) electrons. The van der Waals surface area contributed by atoms with E-state index < -0.39 is 0 Å². The quantitative estimate of drug-likeness (QED) is 0.766. The minimum atomic E-state index is 0.688. The fourth-order valence-corrected chi connectivity index (χ4v) is 2.49. The summed E-state index contributed by atoms with van der Waals surface area (Å²) in [6.45, 7) is 7.84. The molecule has 0 aliphatic heterocycles. The summed E-state index contributed by atoms with van der Waals surface area (Å²) >= 11 is 3.48. The number of pyridine rings is 1. The van der Waals surface area contributed by atoms with Crippen LogP contribution in [0.5, 0.6) is 0 Å². The van der Waals surface area contributed by atoms with Crippen molar-refractivity contribution in [3.63, 3.8) is 0 Å². The Hall–Kier alpha value is -0.570. The van der Waals surface area contributed by atoms with Gasteiger partial charge in [-0.15, -0.1) is 0 Å². The number of nitrogens with zero attached hydrogens (tertiary/aromatic N) is 2. The zero-order valence-corrected chi connectivity index (χ0v) is 12.5. The predicted octanol–water partition coefficient (Wildman–Crippen LogP) is 3.91. The predicted molar refractivity (Wildman–Crippen MR) is 76.8 cm³/mol. The Morgan fingerprint density at radius 1 is 1.47 bits per heavy atom. The van der Waals surface area contributed by atoms with Gasteiger partial charge in [0.05, 0.1) is 0 Å². The molecule has 1 fully saturated rings. The van der Waals surface area contributed by atoms with Crippen LogP contribution in [0.25, 0.3) is 0 Å². The van der Waals surface area contributed by atoms with Crippen molar-refractivity contribution in [2.75, 3.05) is 11.4 Å². The molecule has 17 heavy (non-hydrogen) atoms. The highest BCUT2D eigenvalue weighted by Crippen LogP contribution is 2.33. The van der Waals surface area contributed by atoms with Gasteiger partial charge in [0.2, 0.25) is 0 Å². The zero-order valence-electron chi connectivity index (χ0n) is 10.9. The van der Waals surface area contributed by atoms with E-state index in [9.17, 15) is 0 Å². The minimum absolute atomic E-state index is 0.688. The summed E-state index contributed by atoms with van der Waals surface area (Å²) in [5.41, 5.74) is 2.56. The highest BCUT2D eigenvalue weighted by atomic mass is 79.9. The van der Waals surface area contributed by atoms with Crippen LogP contribution in [-0.2, 0) is 5.33 Å². The molecule has 1 heterocycles. The second-order valence-electron chi connectivity index (χ2n) is 5.40. The number of aryl methyl sites for hydroxylation is 1. The van der Waals surface area contributed by atoms with Crippen molar-refractivity contribution in [2.24, 2.45) is 5.92 Å². The Morgan fingerprint density at radius 2 is 2.18 bits per heavy atom. The summed E-state index contributed by atoms with van der Waals surface area (Å²) in [4.78, 5) is 7.16. The first-order valence-electron chi connectivity index (χ1n) is 6.40. The van der Waals surface area contributed by atoms with E-state index in [4.69, 9.17) is 0 Å². The van der Waals surface area contributed by atoms with Crippen LogP contribution in [-0.4, -0.2) is 17.6 Å². The van der Waals surface area contributed by atoms with Crippen LogP contribution >= 0.6 is 15.9 Å². The monoisotopic (exact) mass is 296 g/mol. The fourth-order valence-electron chi connectivity index (χ4n) is 2.19. The number of hydrogen-bond donors (Lipinski definition) is 0. The smallest absolute Gasteiger partial charge is 0.131 e. The van der Waals surface area contributed by atoms with Crippen molar-refractivity contribution in [1.82, 2.24) is 4.98 Å². The summed E-state index contributed by atoms with van der Waals surface area (Å²) in [7, 11) is 0. The number of aromatic nitrogens is 1. The van der Waals surface area contributed by atoms with Crippen LogP contribution in [0.15, 0.2) is 12.3 Å². The molecule has 1 aromatic heterocycles. The molecule has 2 rings (SSSR count). The highest BCUT2D eigenvalue weighted by Gasteiger charge is 2.31. The van der Waals surface area contributed by atoms with Gasteiger partial charge in [0.25, 0.3) is 0 Å². The summed E-state index contributed by atoms with van der Waals surface area (Å²) < 4.78 is 0. The number of hydrogen-bond acceptors (Lipinski definition) is 2. The molecule has 1 aromatic rings. The maximum Gasteiger partial charge on any atom is 0.131 e. The van der Waals surface area contributed by atoms with Crippen molar-refractivity contribution >= 4 is 21.7 Å². The first-order chi connectivity index (χ1) is 8.11. The SMILES string of the molecule is Cc1cc(CBr)cnc1N(CC(C)C)C1CC1. The molecule has 0 N–H and O–H groups in total. The molecule has 0 spiro atoms. The minimum Gasteiger partial charge on any atom is -0.353 e. The average Bonchev–Trinajstić information content (AvgIpc) is 3.09. The Morgan fingerprint density at radius 3 is 2.65 bits per heavy atom. The molecule has 0 amide bonds. The second-order valence-corrected chi connectivity index (χ2v) is 5.96. The number of anilines is 1. The van der Waals surface area contributed by atoms with E-state index in [0.29, 0.717) is 5.92 Å². The maximum atomic E-state index is 4.66. The van der Waals surface area contributed by atoms with Gasteiger partial charge in [0.15, 0.2) is 0 Å². The number of alkyl halides is 1. The highest BCUT2D eigenvalue weighted by molar-refractivity contribution is 9.08. The lowest BCUT2D eigenvalue weighted by molar-refractivity contribution is 0.601. The third kappa shape index (κ3) is 3.21. The topological polar surface area (TPSA) is 16.1 Å². The number of rotatable bonds is 5. The molecule has 1 aliphatic rings. The molecule has 1 saturated carbocycles. The molecule has 0 bridgehead atoms. The van der Waals surface area contributed by atoms with Gasteiger partial charge in [0.1, 0.15) is 5.82 Å². The first kappa shape index (κ1) is 12.9. The Labute approximate surface area is 113 Å². The molecule has 2 nitrogen and oxygen atoms in total. The van der Waals surface area contributed by atoms with E-state index in [1.807, 2.05) is 6.20 Å². The third-order valence-corrected chi connectivity index (χ3v) is 3.73. The van der Waals surface area contributed by atoms with Gasteiger partial charge in [-0.3, -0.25) is 0 Å². The van der Waals surface area contributed by atoms with E-state index in [-0.39, 0.29) is 0 Å². The van der Waals surface area contributed by atoms with Crippen LogP contribution in [0.2, 0.25) is 0 Å². The van der Waals surface area contributed by atoms with E-state index in [2.05, 4.69) is 52.7 Å². The van der Waals surface area contributed by atoms with Gasteiger partial charge in [-0.2, -0.15) is 0 Å². The van der Waals surface area contributed by atoms with Gasteiger partial charge < -0.3 is 4.90 Å². The van der Waals surface area contributed by atoms with Crippen molar-refractivity contribution < 1.29 is 0 Å². The fraction of sp³-hybridized carbons (Fsp3) is 0.643. The molecule has 94 valence electrons. The normalized spacial score (nSPS) is 15.4. The summed E-state index contributed by atoms with van der Waals surface area (Å²) in [5, 5.41) is 0.884. The lowest BCUT2D eigenvalue weighted by Gasteiger charge is -2.27. The van der Waals surface area contributed by atoms with E-state index >= 15 is 0 Å². The first-order valence-corrected chi connectivity index (χ1v) is 7.52. The van der Waals surface area contributed by atoms with Crippen LogP contribution in [0, 0.1) is 12.8 Å². The largest absolute Gasteiger partial charge is 0.353 e. The van der Waals surface area contributed by atoms with Crippen LogP contribution < -0.4 is 4.90 Å². The van der Waals surface area contributed by atoms with Gasteiger partial charge in [-0.25, -0.2) is 4.98 Å². The number of halogens is 1. The van der Waals surface area contributed by atoms with Gasteiger partial charge >= 0.3 is 0 Å². The van der Waals surface area contributed by atoms with E-state index in [1.54, 1.807) is 0 Å². The molecular formula is C14H21BrN2. The molecule has 0 saturated heterocycles. The molecule has 0 aromatic carbocycles. The van der Waals surface area contributed by atoms with Crippen LogP contribution in [0.4, 0.5) is 5.82 Å². The second kappa shape index (κ2) is 5.38. The third-order valence-electron chi connectivity index (χ3n) is 3.08. The van der Waals surface area contributed by atoms with E-state index in [1.165, 1.54) is 29.8 Å². The van der Waals surface area contributed by atoms with Crippen molar-refractivity contribution in [3.8, 4) is 0 Å². The Bertz CT molecular complexity index is 386. The average molecular weight is 297 g/mol. The van der Waals surface area contributed by atoms with Crippen LogP contribution in [0.3, 0.4) is 0 Å². The van der Waals surface area contributed by atoms with Gasteiger partial charge in [0, 0.05) is 24.1 Å². The maximum absolute atomic E-state index is 4.66. The zero-order chi connectivity index (χ0) is 12.4. The molecule has 3 heteroatoms. The Balaban J connectivity index is 2.23. The lowest BCUT2D eigenvalue weighted by atomic mass is 10.1.